The summed E-state index contributed by atoms with van der Waals surface area (Å²) in [4.78, 5) is 0. The van der Waals surface area contributed by atoms with Crippen LogP contribution in [-0.2, 0) is 14.3 Å². The first-order valence-electron chi connectivity index (χ1n) is 6.55. The molecule has 0 saturated carbocycles. The zero-order valence-electron chi connectivity index (χ0n) is 10.8. The fraction of sp³-hybridized carbons (Fsp3) is 1.00. The quantitative estimate of drug-likeness (QED) is 0.221. The Balaban J connectivity index is 3.14. The summed E-state index contributed by atoms with van der Waals surface area (Å²) in [6.07, 6.45) is 11.0. The molecule has 104 valence electrons. The van der Waals surface area contributed by atoms with E-state index in [1.54, 1.807) is 0 Å². The van der Waals surface area contributed by atoms with Crippen LogP contribution >= 0.6 is 22.6 Å². The van der Waals surface area contributed by atoms with Crippen LogP contribution in [0.1, 0.15) is 64.7 Å². The van der Waals surface area contributed by atoms with Crippen molar-refractivity contribution in [1.29, 1.82) is 0 Å². The van der Waals surface area contributed by atoms with Crippen molar-refractivity contribution in [3.63, 3.8) is 0 Å². The third kappa shape index (κ3) is 12.9. The molecule has 0 bridgehead atoms. The van der Waals surface area contributed by atoms with Crippen molar-refractivity contribution in [2.75, 3.05) is 10.4 Å². The number of alkyl halides is 1. The minimum Gasteiger partial charge on any atom is -0.270 e. The molecule has 0 spiro atoms. The summed E-state index contributed by atoms with van der Waals surface area (Å²) in [6, 6.07) is 0. The molecule has 0 N–H and O–H groups in total. The molecule has 0 fully saturated rings. The summed E-state index contributed by atoms with van der Waals surface area (Å²) in [7, 11) is -3.24. The second-order valence-corrected chi connectivity index (χ2v) is 7.75. The zero-order chi connectivity index (χ0) is 13.0. The van der Waals surface area contributed by atoms with E-state index >= 15 is 0 Å². The molecule has 0 heterocycles. The van der Waals surface area contributed by atoms with Crippen LogP contribution in [-0.4, -0.2) is 18.8 Å². The van der Waals surface area contributed by atoms with Gasteiger partial charge in [0.15, 0.2) is 0 Å². The second kappa shape index (κ2) is 11.7. The van der Waals surface area contributed by atoms with Gasteiger partial charge in [0.2, 0.25) is 0 Å². The first-order chi connectivity index (χ1) is 8.12. The monoisotopic (exact) mass is 376 g/mol. The van der Waals surface area contributed by atoms with Gasteiger partial charge in [-0.3, -0.25) is 4.18 Å². The van der Waals surface area contributed by atoms with Crippen molar-refractivity contribution in [1.82, 2.24) is 0 Å². The lowest BCUT2D eigenvalue weighted by atomic mass is 10.1. The Kier molecular flexibility index (Phi) is 12.2. The Morgan fingerprint density at radius 2 is 1.35 bits per heavy atom. The Morgan fingerprint density at radius 1 is 0.882 bits per heavy atom. The molecule has 0 aliphatic carbocycles. The molecule has 17 heavy (non-hydrogen) atoms. The molecule has 0 aliphatic heterocycles. The van der Waals surface area contributed by atoms with E-state index in [0.29, 0.717) is 6.61 Å². The lowest BCUT2D eigenvalue weighted by molar-refractivity contribution is 0.309. The van der Waals surface area contributed by atoms with Gasteiger partial charge < -0.3 is 0 Å². The normalized spacial score (nSPS) is 11.9. The molecule has 0 unspecified atom stereocenters. The van der Waals surface area contributed by atoms with Crippen LogP contribution in [0.2, 0.25) is 0 Å². The molecule has 0 saturated heterocycles. The van der Waals surface area contributed by atoms with Gasteiger partial charge in [-0.25, -0.2) is 0 Å². The fourth-order valence-electron chi connectivity index (χ4n) is 1.63. The van der Waals surface area contributed by atoms with Crippen LogP contribution in [0, 0.1) is 0 Å². The molecular weight excluding hydrogens is 351 g/mol. The molecule has 0 aromatic rings. The summed E-state index contributed by atoms with van der Waals surface area (Å²) in [6.45, 7) is 2.57. The summed E-state index contributed by atoms with van der Waals surface area (Å²) in [5.74, 6) is 0. The molecule has 0 radical (unpaired) electrons. The van der Waals surface area contributed by atoms with E-state index in [0.717, 1.165) is 12.8 Å². The SMILES string of the molecule is CCCCCCCCCCCOS(=O)(=O)CI. The summed E-state index contributed by atoms with van der Waals surface area (Å²) in [5, 5.41) is 0. The number of rotatable bonds is 12. The van der Waals surface area contributed by atoms with Gasteiger partial charge in [-0.1, -0.05) is 80.9 Å². The highest BCUT2D eigenvalue weighted by Gasteiger charge is 2.06. The van der Waals surface area contributed by atoms with Crippen LogP contribution in [0.4, 0.5) is 0 Å². The smallest absolute Gasteiger partial charge is 0.270 e. The average Bonchev–Trinajstić information content (AvgIpc) is 2.31. The van der Waals surface area contributed by atoms with E-state index in [1.165, 1.54) is 44.9 Å². The van der Waals surface area contributed by atoms with E-state index in [9.17, 15) is 8.42 Å². The largest absolute Gasteiger partial charge is 0.276 e. The maximum atomic E-state index is 11.0. The predicted molar refractivity (Wildman–Crippen MR) is 81.0 cm³/mol. The van der Waals surface area contributed by atoms with Crippen LogP contribution in [0.25, 0.3) is 0 Å². The Bertz CT molecular complexity index is 252. The molecule has 3 nitrogen and oxygen atoms in total. The highest BCUT2D eigenvalue weighted by Crippen LogP contribution is 2.10. The number of hydrogen-bond acceptors (Lipinski definition) is 3. The van der Waals surface area contributed by atoms with Gasteiger partial charge in [-0.2, -0.15) is 8.42 Å². The Labute approximate surface area is 120 Å². The third-order valence-corrected chi connectivity index (χ3v) is 5.73. The predicted octanol–water partition coefficient (Wildman–Crippen LogP) is 4.26. The Morgan fingerprint density at radius 3 is 1.82 bits per heavy atom. The number of unbranched alkanes of at least 4 members (excludes halogenated alkanes) is 8. The lowest BCUT2D eigenvalue weighted by Crippen LogP contribution is -2.07. The second-order valence-electron chi connectivity index (χ2n) is 4.32. The fourth-order valence-corrected chi connectivity index (χ4v) is 2.60. The summed E-state index contributed by atoms with van der Waals surface area (Å²) < 4.78 is 26.9. The van der Waals surface area contributed by atoms with Crippen molar-refractivity contribution >= 4 is 32.7 Å². The maximum Gasteiger partial charge on any atom is 0.276 e. The van der Waals surface area contributed by atoms with E-state index < -0.39 is 10.1 Å². The van der Waals surface area contributed by atoms with Crippen LogP contribution in [0.15, 0.2) is 0 Å². The zero-order valence-corrected chi connectivity index (χ0v) is 13.8. The van der Waals surface area contributed by atoms with Gasteiger partial charge >= 0.3 is 0 Å². The average molecular weight is 376 g/mol. The van der Waals surface area contributed by atoms with Crippen LogP contribution in [0.3, 0.4) is 0 Å². The van der Waals surface area contributed by atoms with Gasteiger partial charge in [0, 0.05) is 0 Å². The summed E-state index contributed by atoms with van der Waals surface area (Å²) >= 11 is 1.81. The topological polar surface area (TPSA) is 43.4 Å². The van der Waals surface area contributed by atoms with E-state index in [2.05, 4.69) is 6.92 Å². The van der Waals surface area contributed by atoms with Crippen molar-refractivity contribution in [3.05, 3.63) is 0 Å². The van der Waals surface area contributed by atoms with Crippen molar-refractivity contribution in [2.24, 2.45) is 0 Å². The van der Waals surface area contributed by atoms with E-state index in [1.807, 2.05) is 22.6 Å². The summed E-state index contributed by atoms with van der Waals surface area (Å²) in [5.41, 5.74) is 0. The molecule has 5 heteroatoms. The molecule has 0 aromatic carbocycles. The molecule has 0 amide bonds. The van der Waals surface area contributed by atoms with E-state index in [4.69, 9.17) is 4.18 Å². The lowest BCUT2D eigenvalue weighted by Gasteiger charge is -2.03. The minimum absolute atomic E-state index is 0.0438. The molecule has 0 atom stereocenters. The standard InChI is InChI=1S/C12H25IO3S/c1-2-3-4-5-6-7-8-9-10-11-16-17(14,15)12-13/h2-12H2,1H3. The first kappa shape index (κ1) is 17.6. The molecule has 0 aliphatic rings. The third-order valence-electron chi connectivity index (χ3n) is 2.64. The van der Waals surface area contributed by atoms with Crippen molar-refractivity contribution in [3.8, 4) is 0 Å². The highest BCUT2D eigenvalue weighted by atomic mass is 127. The van der Waals surface area contributed by atoms with Gasteiger partial charge in [-0.15, -0.1) is 0 Å². The number of halogens is 1. The van der Waals surface area contributed by atoms with Crippen LogP contribution in [0.5, 0.6) is 0 Å². The molecule has 0 rings (SSSR count). The molecular formula is C12H25IO3S. The van der Waals surface area contributed by atoms with Crippen LogP contribution < -0.4 is 0 Å². The highest BCUT2D eigenvalue weighted by molar-refractivity contribution is 14.1. The first-order valence-corrected chi connectivity index (χ1v) is 9.65. The van der Waals surface area contributed by atoms with Gasteiger partial charge in [0.1, 0.15) is 3.76 Å². The van der Waals surface area contributed by atoms with Crippen molar-refractivity contribution in [2.45, 2.75) is 64.7 Å². The van der Waals surface area contributed by atoms with Gasteiger partial charge in [0.05, 0.1) is 6.61 Å². The van der Waals surface area contributed by atoms with Gasteiger partial charge in [-0.05, 0) is 6.42 Å². The Hall–Kier alpha value is 0.640. The number of hydrogen-bond donors (Lipinski definition) is 0. The minimum atomic E-state index is -3.24. The maximum absolute atomic E-state index is 11.0. The van der Waals surface area contributed by atoms with E-state index in [-0.39, 0.29) is 3.76 Å². The van der Waals surface area contributed by atoms with Gasteiger partial charge in [0.25, 0.3) is 10.1 Å². The van der Waals surface area contributed by atoms with Crippen molar-refractivity contribution < 1.29 is 12.6 Å². The molecule has 0 aromatic heterocycles.